The van der Waals surface area contributed by atoms with Crippen molar-refractivity contribution in [2.45, 2.75) is 11.1 Å². The Kier molecular flexibility index (Phi) is 3.67. The quantitative estimate of drug-likeness (QED) is 0.948. The van der Waals surface area contributed by atoms with E-state index in [0.29, 0.717) is 6.07 Å². The van der Waals surface area contributed by atoms with Gasteiger partial charge in [0.15, 0.2) is 0 Å². The first-order valence-corrected chi connectivity index (χ1v) is 6.87. The summed E-state index contributed by atoms with van der Waals surface area (Å²) in [7, 11) is -4.07. The molecule has 0 bridgehead atoms. The second kappa shape index (κ2) is 5.12. The Morgan fingerprint density at radius 3 is 2.30 bits per heavy atom. The molecular weight excluding hydrogens is 293 g/mol. The Morgan fingerprint density at radius 1 is 1.05 bits per heavy atom. The van der Waals surface area contributed by atoms with Crippen LogP contribution in [0.25, 0.3) is 0 Å². The van der Waals surface area contributed by atoms with E-state index < -0.39 is 26.7 Å². The minimum atomic E-state index is -4.60. The van der Waals surface area contributed by atoms with Crippen molar-refractivity contribution < 1.29 is 21.6 Å². The molecule has 0 amide bonds. The Labute approximate surface area is 113 Å². The molecule has 20 heavy (non-hydrogen) atoms. The number of benzene rings is 1. The molecule has 2 rings (SSSR count). The van der Waals surface area contributed by atoms with E-state index in [4.69, 9.17) is 0 Å². The monoisotopic (exact) mass is 302 g/mol. The Balaban J connectivity index is 2.35. The van der Waals surface area contributed by atoms with Crippen LogP contribution in [0.1, 0.15) is 5.56 Å². The molecule has 0 fully saturated rings. The lowest BCUT2D eigenvalue weighted by molar-refractivity contribution is -0.137. The molecule has 1 aromatic carbocycles. The first-order valence-electron chi connectivity index (χ1n) is 5.39. The van der Waals surface area contributed by atoms with Crippen LogP contribution in [0.15, 0.2) is 53.7 Å². The molecule has 0 aliphatic carbocycles. The van der Waals surface area contributed by atoms with Gasteiger partial charge in [-0.25, -0.2) is 8.42 Å². The molecular formula is C12H9F3N2O2S. The zero-order chi connectivity index (χ0) is 14.8. The molecule has 0 unspecified atom stereocenters. The number of anilines is 1. The molecule has 0 atom stereocenters. The van der Waals surface area contributed by atoms with E-state index >= 15 is 0 Å². The third-order valence-corrected chi connectivity index (χ3v) is 3.78. The largest absolute Gasteiger partial charge is 0.416 e. The number of pyridine rings is 1. The van der Waals surface area contributed by atoms with Gasteiger partial charge in [0.2, 0.25) is 0 Å². The zero-order valence-corrected chi connectivity index (χ0v) is 10.7. The van der Waals surface area contributed by atoms with Gasteiger partial charge in [0, 0.05) is 12.4 Å². The highest BCUT2D eigenvalue weighted by Gasteiger charge is 2.31. The maximum Gasteiger partial charge on any atom is 0.416 e. The molecule has 0 saturated heterocycles. The van der Waals surface area contributed by atoms with Gasteiger partial charge in [-0.3, -0.25) is 9.71 Å². The van der Waals surface area contributed by atoms with E-state index in [2.05, 4.69) is 9.71 Å². The highest BCUT2D eigenvalue weighted by Crippen LogP contribution is 2.30. The summed E-state index contributed by atoms with van der Waals surface area (Å²) in [5.74, 6) is 0. The van der Waals surface area contributed by atoms with Crippen LogP contribution in [0.4, 0.5) is 18.9 Å². The number of sulfonamides is 1. The molecule has 106 valence electrons. The summed E-state index contributed by atoms with van der Waals surface area (Å²) in [6, 6.07) is 6.33. The number of hydrogen-bond donors (Lipinski definition) is 1. The molecule has 0 saturated carbocycles. The van der Waals surface area contributed by atoms with E-state index in [0.717, 1.165) is 18.2 Å². The van der Waals surface area contributed by atoms with Gasteiger partial charge in [-0.2, -0.15) is 13.2 Å². The number of halogens is 3. The summed E-state index contributed by atoms with van der Waals surface area (Å²) < 4.78 is 63.8. The number of nitrogens with zero attached hydrogens (tertiary/aromatic N) is 1. The summed E-state index contributed by atoms with van der Waals surface area (Å²) in [6.07, 6.45) is -1.86. The average Bonchev–Trinajstić information content (AvgIpc) is 2.38. The van der Waals surface area contributed by atoms with Gasteiger partial charge < -0.3 is 0 Å². The first-order chi connectivity index (χ1) is 9.29. The third kappa shape index (κ3) is 3.27. The molecule has 0 spiro atoms. The fourth-order valence-electron chi connectivity index (χ4n) is 1.47. The number of alkyl halides is 3. The van der Waals surface area contributed by atoms with Crippen molar-refractivity contribution in [3.63, 3.8) is 0 Å². The highest BCUT2D eigenvalue weighted by atomic mass is 32.2. The molecule has 2 aromatic rings. The molecule has 1 heterocycles. The van der Waals surface area contributed by atoms with Gasteiger partial charge in [0.05, 0.1) is 16.1 Å². The summed E-state index contributed by atoms with van der Waals surface area (Å²) in [5.41, 5.74) is -0.799. The van der Waals surface area contributed by atoms with Crippen molar-refractivity contribution in [1.82, 2.24) is 4.98 Å². The number of nitrogens with one attached hydrogen (secondary N) is 1. The van der Waals surface area contributed by atoms with E-state index in [1.165, 1.54) is 24.5 Å². The minimum absolute atomic E-state index is 0.220. The van der Waals surface area contributed by atoms with Gasteiger partial charge in [-0.1, -0.05) is 6.07 Å². The lowest BCUT2D eigenvalue weighted by atomic mass is 10.2. The Bertz CT molecular complexity index is 700. The maximum atomic E-state index is 12.6. The topological polar surface area (TPSA) is 59.1 Å². The van der Waals surface area contributed by atoms with Crippen LogP contribution in [0.5, 0.6) is 0 Å². The normalized spacial score (nSPS) is 12.2. The van der Waals surface area contributed by atoms with Crippen molar-refractivity contribution in [3.8, 4) is 0 Å². The fraction of sp³-hybridized carbons (Fsp3) is 0.0833. The predicted molar refractivity (Wildman–Crippen MR) is 66.5 cm³/mol. The van der Waals surface area contributed by atoms with Crippen LogP contribution in [0.2, 0.25) is 0 Å². The van der Waals surface area contributed by atoms with Crippen LogP contribution in [0, 0.1) is 0 Å². The number of rotatable bonds is 3. The summed E-state index contributed by atoms with van der Waals surface area (Å²) in [4.78, 5) is 3.26. The average molecular weight is 302 g/mol. The summed E-state index contributed by atoms with van der Waals surface area (Å²) >= 11 is 0. The summed E-state index contributed by atoms with van der Waals surface area (Å²) in [5, 5.41) is 0. The lowest BCUT2D eigenvalue weighted by Crippen LogP contribution is -2.14. The van der Waals surface area contributed by atoms with Crippen LogP contribution in [-0.4, -0.2) is 13.4 Å². The second-order valence-corrected chi connectivity index (χ2v) is 5.55. The third-order valence-electron chi connectivity index (χ3n) is 2.40. The van der Waals surface area contributed by atoms with E-state index in [-0.39, 0.29) is 5.69 Å². The molecule has 4 nitrogen and oxygen atoms in total. The SMILES string of the molecule is O=S(=O)(Nc1ccncc1)c1cccc(C(F)(F)F)c1. The molecule has 1 N–H and O–H groups in total. The van der Waals surface area contributed by atoms with Crippen LogP contribution in [0.3, 0.4) is 0 Å². The van der Waals surface area contributed by atoms with Crippen LogP contribution in [-0.2, 0) is 16.2 Å². The van der Waals surface area contributed by atoms with Crippen molar-refractivity contribution in [1.29, 1.82) is 0 Å². The van der Waals surface area contributed by atoms with Crippen molar-refractivity contribution in [2.24, 2.45) is 0 Å². The van der Waals surface area contributed by atoms with Gasteiger partial charge >= 0.3 is 6.18 Å². The fourth-order valence-corrected chi connectivity index (χ4v) is 2.58. The number of hydrogen-bond acceptors (Lipinski definition) is 3. The minimum Gasteiger partial charge on any atom is -0.280 e. The maximum absolute atomic E-state index is 12.6. The van der Waals surface area contributed by atoms with E-state index in [9.17, 15) is 21.6 Å². The standard InChI is InChI=1S/C12H9F3N2O2S/c13-12(14,15)9-2-1-3-11(8-9)20(18,19)17-10-4-6-16-7-5-10/h1-8H,(H,16,17). The van der Waals surface area contributed by atoms with Crippen LogP contribution >= 0.6 is 0 Å². The van der Waals surface area contributed by atoms with Crippen molar-refractivity contribution >= 4 is 15.7 Å². The molecule has 0 aliphatic rings. The van der Waals surface area contributed by atoms with Crippen LogP contribution < -0.4 is 4.72 Å². The second-order valence-electron chi connectivity index (χ2n) is 3.87. The molecule has 0 aliphatic heterocycles. The zero-order valence-electron chi connectivity index (χ0n) is 9.92. The highest BCUT2D eigenvalue weighted by molar-refractivity contribution is 7.92. The predicted octanol–water partition coefficient (Wildman–Crippen LogP) is 2.90. The lowest BCUT2D eigenvalue weighted by Gasteiger charge is -2.10. The van der Waals surface area contributed by atoms with Gasteiger partial charge in [-0.15, -0.1) is 0 Å². The smallest absolute Gasteiger partial charge is 0.280 e. The van der Waals surface area contributed by atoms with Gasteiger partial charge in [-0.05, 0) is 30.3 Å². The Hall–Kier alpha value is -2.09. The number of aromatic nitrogens is 1. The van der Waals surface area contributed by atoms with Gasteiger partial charge in [0.1, 0.15) is 0 Å². The molecule has 0 radical (unpaired) electrons. The van der Waals surface area contributed by atoms with Crippen molar-refractivity contribution in [3.05, 3.63) is 54.4 Å². The molecule has 1 aromatic heterocycles. The van der Waals surface area contributed by atoms with E-state index in [1.807, 2.05) is 0 Å². The van der Waals surface area contributed by atoms with Crippen molar-refractivity contribution in [2.75, 3.05) is 4.72 Å². The first kappa shape index (κ1) is 14.3. The summed E-state index contributed by atoms with van der Waals surface area (Å²) in [6.45, 7) is 0. The van der Waals surface area contributed by atoms with E-state index in [1.54, 1.807) is 0 Å². The van der Waals surface area contributed by atoms with Gasteiger partial charge in [0.25, 0.3) is 10.0 Å². The molecule has 8 heteroatoms. The Morgan fingerprint density at radius 2 is 1.70 bits per heavy atom.